The van der Waals surface area contributed by atoms with Gasteiger partial charge in [-0.2, -0.15) is 13.2 Å². The number of halogens is 4. The van der Waals surface area contributed by atoms with Crippen molar-refractivity contribution in [2.24, 2.45) is 22.2 Å². The second-order valence-electron chi connectivity index (χ2n) is 32.7. The van der Waals surface area contributed by atoms with Crippen LogP contribution in [0.2, 0.25) is 5.02 Å². The molecule has 0 amide bonds. The molecule has 0 atom stereocenters. The van der Waals surface area contributed by atoms with E-state index in [0.717, 1.165) is 68.0 Å². The molecule has 0 radical (unpaired) electrons. The van der Waals surface area contributed by atoms with E-state index >= 15 is 0 Å². The van der Waals surface area contributed by atoms with Gasteiger partial charge in [0, 0.05) is 17.6 Å². The number of aromatic hydroxyl groups is 2. The Morgan fingerprint density at radius 1 is 0.417 bits per heavy atom. The van der Waals surface area contributed by atoms with E-state index in [9.17, 15) is 43.6 Å². The standard InChI is InChI=1S/C18H21NO5.C18H22O3.C17H20O.C11H13F3O.C10H13ClO.C10H13NO4.C9H12O.C6H15N3O.C5H13NO/c1-12(2)24-11-16-14(6-9-17(20)18(16)19(21)22)10-13-4-7-15(23-3)8-5-13;1-14(2)20-13-16-5-4-6-18(11-16)21-12-15-7-9-17(19-3)10-8-15;1-17(2,3)18-13-14-9-11-16(12-10-14)15-7-5-4-6-8-15;1-8(2)15-7-9-4-3-5-10(6-9)11(12,13)14;1-8(2)12-7-9-3-5-10(11)6-4-9;1-7(2)15-6-8-3-4-9(11(13)14)10(12)5-8;1-8(2)10-9-6-4-3-5-7-9;1-5(2)10-4-3-9-6(7)8;1-5(2)7-4-3-6/h4-9,12,20H,10-11H2,1-3H3;4-11,14H,12-13H2,1-3H3;4-12H,13H2,1-3H3;3-6,8H,7H2,1-2H3;3-6,8H,7H2,1-2H3;3-5,7,12H,6H2,1-2H3;3-8H,1-2H3;5H,3-4H2,1-2H3,(H4,7,8,9);5H,3-4,6H2,1-2H3. The van der Waals surface area contributed by atoms with Crippen LogP contribution in [0.15, 0.2) is 242 Å². The van der Waals surface area contributed by atoms with Gasteiger partial charge in [0.1, 0.15) is 29.6 Å². The van der Waals surface area contributed by atoms with E-state index in [-0.39, 0.29) is 90.4 Å². The molecule has 132 heavy (non-hydrogen) atoms. The van der Waals surface area contributed by atoms with E-state index < -0.39 is 21.6 Å². The predicted octanol–water partition coefficient (Wildman–Crippen LogP) is 24.3. The first kappa shape index (κ1) is 117. The molecule has 724 valence electrons. The number of nitrogens with zero attached hydrogens (tertiary/aromatic N) is 3. The molecular weight excluding hydrogens is 1710 g/mol. The first-order valence-electron chi connectivity index (χ1n) is 43.8. The lowest BCUT2D eigenvalue weighted by Crippen LogP contribution is -2.23. The zero-order chi connectivity index (χ0) is 98.7. The van der Waals surface area contributed by atoms with Crippen molar-refractivity contribution < 1.29 is 90.1 Å². The van der Waals surface area contributed by atoms with Crippen LogP contribution < -0.4 is 36.1 Å². The number of guanidine groups is 1. The summed E-state index contributed by atoms with van der Waals surface area (Å²) in [6.45, 7) is 43.0. The minimum absolute atomic E-state index is 0.0135. The van der Waals surface area contributed by atoms with Crippen LogP contribution in [0.4, 0.5) is 24.5 Å². The van der Waals surface area contributed by atoms with E-state index in [1.807, 2.05) is 244 Å². The van der Waals surface area contributed by atoms with Crippen molar-refractivity contribution in [1.82, 2.24) is 0 Å². The number of nitro benzene ring substituents is 2. The Labute approximate surface area is 785 Å². The molecule has 10 aromatic carbocycles. The average Bonchev–Trinajstić information content (AvgIpc) is 0.791. The summed E-state index contributed by atoms with van der Waals surface area (Å²) in [5.41, 5.74) is 24.5. The van der Waals surface area contributed by atoms with Crippen LogP contribution in [-0.4, -0.2) is 121 Å². The number of ether oxygens (including phenoxy) is 12. The number of alkyl halides is 3. The van der Waals surface area contributed by atoms with Crippen molar-refractivity contribution in [2.75, 3.05) is 40.5 Å². The van der Waals surface area contributed by atoms with Gasteiger partial charge in [0.25, 0.3) is 0 Å². The highest BCUT2D eigenvalue weighted by atomic mass is 35.5. The number of hydrogen-bond donors (Lipinski definition) is 5. The monoisotopic (exact) mass is 1860 g/mol. The Morgan fingerprint density at radius 2 is 0.833 bits per heavy atom. The SMILES string of the molecule is CC(C)(C)OCc1ccc(-c2ccccc2)cc1.CC(C)OCCN.CC(C)OCCN=C(N)N.CC(C)OCc1ccc(Cl)cc1.CC(C)OCc1ccc([N+](=O)[O-])c(O)c1.CC(C)OCc1cccc(C(F)(F)F)c1.CC(C)Oc1ccccc1.COc1ccc(COc2cccc(COC(C)C)c2)cc1.COc1ccc(Cc2ccc(O)c([N+](=O)[O-])c2COC(C)C)cc1. The molecule has 8 N–H and O–H groups in total. The third-order valence-electron chi connectivity index (χ3n) is 17.1. The summed E-state index contributed by atoms with van der Waals surface area (Å²) >= 11 is 5.73. The third kappa shape index (κ3) is 55.8. The van der Waals surface area contributed by atoms with E-state index in [2.05, 4.69) is 74.3 Å². The molecule has 0 unspecified atom stereocenters. The van der Waals surface area contributed by atoms with Crippen LogP contribution in [-0.2, 0) is 96.7 Å². The summed E-state index contributed by atoms with van der Waals surface area (Å²) in [4.78, 5) is 24.3. The number of hydrogen-bond acceptors (Lipinski definition) is 20. The van der Waals surface area contributed by atoms with Crippen molar-refractivity contribution in [3.05, 3.63) is 317 Å². The second kappa shape index (κ2) is 65.4. The van der Waals surface area contributed by atoms with Gasteiger partial charge < -0.3 is 84.3 Å². The molecule has 0 saturated carbocycles. The lowest BCUT2D eigenvalue weighted by Gasteiger charge is -2.19. The molecule has 0 fully saturated rings. The number of aliphatic imine (C=N–C) groups is 1. The van der Waals surface area contributed by atoms with Gasteiger partial charge in [0.05, 0.1) is 149 Å². The molecule has 28 heteroatoms. The molecule has 0 aliphatic rings. The molecule has 0 heterocycles. The summed E-state index contributed by atoms with van der Waals surface area (Å²) < 4.78 is 102. The molecule has 0 bridgehead atoms. The zero-order valence-corrected chi connectivity index (χ0v) is 81.4. The number of para-hydroxylation sites is 1. The summed E-state index contributed by atoms with van der Waals surface area (Å²) in [7, 11) is 3.26. The van der Waals surface area contributed by atoms with Crippen molar-refractivity contribution in [3.8, 4) is 45.6 Å². The number of phenols is 2. The second-order valence-corrected chi connectivity index (χ2v) is 33.2. The Balaban J connectivity index is 0.000000513. The van der Waals surface area contributed by atoms with E-state index in [1.165, 1.54) is 41.0 Å². The smallest absolute Gasteiger partial charge is 0.416 e. The number of methoxy groups -OCH3 is 2. The van der Waals surface area contributed by atoms with Crippen molar-refractivity contribution in [2.45, 2.75) is 245 Å². The van der Waals surface area contributed by atoms with Crippen molar-refractivity contribution >= 4 is 28.9 Å². The molecule has 0 aromatic heterocycles. The lowest BCUT2D eigenvalue weighted by atomic mass is 9.98. The topological polar surface area (TPSA) is 328 Å². The molecule has 0 saturated heterocycles. The van der Waals surface area contributed by atoms with Crippen LogP contribution in [0.25, 0.3) is 11.1 Å². The van der Waals surface area contributed by atoms with Gasteiger partial charge in [-0.15, -0.1) is 0 Å². The molecule has 24 nitrogen and oxygen atoms in total. The summed E-state index contributed by atoms with van der Waals surface area (Å²) in [5, 5.41) is 41.7. The fraction of sp³-hybridized carbons (Fsp3) is 0.413. The van der Waals surface area contributed by atoms with Gasteiger partial charge in [0.2, 0.25) is 0 Å². The maximum atomic E-state index is 12.3. The van der Waals surface area contributed by atoms with Crippen LogP contribution >= 0.6 is 11.6 Å². The quantitative estimate of drug-likeness (QED) is 0.00801. The molecule has 0 aliphatic carbocycles. The van der Waals surface area contributed by atoms with Crippen LogP contribution in [0.3, 0.4) is 0 Å². The minimum atomic E-state index is -4.28. The highest BCUT2D eigenvalue weighted by molar-refractivity contribution is 6.30. The maximum absolute atomic E-state index is 12.3. The Hall–Kier alpha value is -11.2. The number of nitro groups is 2. The van der Waals surface area contributed by atoms with E-state index in [0.29, 0.717) is 88.6 Å². The maximum Gasteiger partial charge on any atom is 0.416 e. The Kier molecular flexibility index (Phi) is 57.9. The largest absolute Gasteiger partial charge is 0.502 e. The first-order chi connectivity index (χ1) is 62.4. The first-order valence-corrected chi connectivity index (χ1v) is 44.2. The fourth-order valence-corrected chi connectivity index (χ4v) is 10.7. The lowest BCUT2D eigenvalue weighted by molar-refractivity contribution is -0.387. The van der Waals surface area contributed by atoms with E-state index in [4.69, 9.17) is 85.6 Å². The molecule has 0 aliphatic heterocycles. The molecule has 10 rings (SSSR count). The normalized spacial score (nSPS) is 10.8. The van der Waals surface area contributed by atoms with Gasteiger partial charge >= 0.3 is 17.6 Å². The number of rotatable bonds is 36. The van der Waals surface area contributed by atoms with Gasteiger partial charge in [-0.05, 0) is 285 Å². The molecular formula is C104H142ClF3N6O18. The van der Waals surface area contributed by atoms with Gasteiger partial charge in [-0.3, -0.25) is 25.2 Å². The summed E-state index contributed by atoms with van der Waals surface area (Å²) in [6, 6.07) is 72.3. The van der Waals surface area contributed by atoms with Gasteiger partial charge in [0.15, 0.2) is 17.5 Å². The number of nitrogens with two attached hydrogens (primary N) is 3. The van der Waals surface area contributed by atoms with Crippen LogP contribution in [0.5, 0.6) is 34.5 Å². The highest BCUT2D eigenvalue weighted by Crippen LogP contribution is 2.36. The van der Waals surface area contributed by atoms with Gasteiger partial charge in [-0.25, -0.2) is 0 Å². The minimum Gasteiger partial charge on any atom is -0.502 e. The van der Waals surface area contributed by atoms with E-state index in [1.54, 1.807) is 32.4 Å². The molecule has 0 spiro atoms. The Morgan fingerprint density at radius 3 is 1.28 bits per heavy atom. The highest BCUT2D eigenvalue weighted by Gasteiger charge is 2.30. The average molecular weight is 1860 g/mol. The fourth-order valence-electron chi connectivity index (χ4n) is 10.6. The van der Waals surface area contributed by atoms with Gasteiger partial charge in [-0.1, -0.05) is 151 Å². The van der Waals surface area contributed by atoms with Crippen molar-refractivity contribution in [1.29, 1.82) is 0 Å². The third-order valence-corrected chi connectivity index (χ3v) is 17.4. The zero-order valence-electron chi connectivity index (χ0n) is 80.6. The number of benzene rings is 10. The van der Waals surface area contributed by atoms with Crippen LogP contribution in [0.1, 0.15) is 187 Å². The molecule has 10 aromatic rings. The summed E-state index contributed by atoms with van der Waals surface area (Å²) in [5.74, 6) is 2.84. The Bertz CT molecular complexity index is 4770. The summed E-state index contributed by atoms with van der Waals surface area (Å²) in [6.07, 6.45) is -2.41. The number of phenolic OH excluding ortho intramolecular Hbond substituents is 2. The predicted molar refractivity (Wildman–Crippen MR) is 522 cm³/mol. The van der Waals surface area contributed by atoms with Crippen molar-refractivity contribution in [3.63, 3.8) is 0 Å². The van der Waals surface area contributed by atoms with Crippen LogP contribution in [0, 0.1) is 20.2 Å².